The highest BCUT2D eigenvalue weighted by Crippen LogP contribution is 2.38. The summed E-state index contributed by atoms with van der Waals surface area (Å²) in [6.45, 7) is 13.7. The number of hydrogen-bond acceptors (Lipinski definition) is 8. The first-order chi connectivity index (χ1) is 15.3. The summed E-state index contributed by atoms with van der Waals surface area (Å²) in [5, 5.41) is 7.79. The zero-order chi connectivity index (χ0) is 23.1. The highest BCUT2D eigenvalue weighted by Gasteiger charge is 2.24. The SMILES string of the molecule is CC(C)c1nc(C(C)(C)C)sc1-c1ccnc(NCCCCC(=NCCC2CN2)NN)n1. The first-order valence-corrected chi connectivity index (χ1v) is 12.4. The number of thiazole rings is 1. The molecule has 2 aromatic rings. The number of aromatic nitrogens is 3. The molecule has 1 aliphatic rings. The van der Waals surface area contributed by atoms with Crippen molar-refractivity contribution in [1.82, 2.24) is 25.7 Å². The molecule has 1 unspecified atom stereocenters. The van der Waals surface area contributed by atoms with Crippen LogP contribution in [0.15, 0.2) is 17.3 Å². The zero-order valence-electron chi connectivity index (χ0n) is 20.0. The van der Waals surface area contributed by atoms with Crippen molar-refractivity contribution >= 4 is 23.1 Å². The Morgan fingerprint density at radius 1 is 1.31 bits per heavy atom. The van der Waals surface area contributed by atoms with Crippen LogP contribution in [0.1, 0.15) is 76.9 Å². The van der Waals surface area contributed by atoms with Crippen LogP contribution >= 0.6 is 11.3 Å². The minimum Gasteiger partial charge on any atom is -0.354 e. The number of hydrogen-bond donors (Lipinski definition) is 4. The van der Waals surface area contributed by atoms with Crippen LogP contribution in [0.4, 0.5) is 5.95 Å². The Hall–Kier alpha value is -2.10. The monoisotopic (exact) mass is 458 g/mol. The van der Waals surface area contributed by atoms with Crippen molar-refractivity contribution in [3.8, 4) is 10.6 Å². The average Bonchev–Trinajstić information content (AvgIpc) is 3.45. The topological polar surface area (TPSA) is 123 Å². The molecular formula is C23H38N8S. The van der Waals surface area contributed by atoms with Gasteiger partial charge in [0.1, 0.15) is 5.84 Å². The Bertz CT molecular complexity index is 896. The summed E-state index contributed by atoms with van der Waals surface area (Å²) >= 11 is 1.74. The predicted molar refractivity (Wildman–Crippen MR) is 134 cm³/mol. The van der Waals surface area contributed by atoms with E-state index in [0.717, 1.165) is 72.4 Å². The second-order valence-electron chi connectivity index (χ2n) is 9.65. The van der Waals surface area contributed by atoms with Gasteiger partial charge in [0, 0.05) is 43.7 Å². The third-order valence-corrected chi connectivity index (χ3v) is 6.81. The summed E-state index contributed by atoms with van der Waals surface area (Å²) < 4.78 is 0. The second-order valence-corrected chi connectivity index (χ2v) is 10.7. The molecule has 0 radical (unpaired) electrons. The second kappa shape index (κ2) is 11.2. The third kappa shape index (κ3) is 7.21. The van der Waals surface area contributed by atoms with Crippen LogP contribution in [0, 0.1) is 0 Å². The van der Waals surface area contributed by atoms with Gasteiger partial charge in [-0.3, -0.25) is 4.99 Å². The number of hydrazine groups is 1. The Morgan fingerprint density at radius 2 is 2.09 bits per heavy atom. The molecule has 32 heavy (non-hydrogen) atoms. The van der Waals surface area contributed by atoms with Crippen molar-refractivity contribution in [1.29, 1.82) is 0 Å². The Labute approximate surface area is 195 Å². The Balaban J connectivity index is 1.53. The van der Waals surface area contributed by atoms with Gasteiger partial charge >= 0.3 is 0 Å². The van der Waals surface area contributed by atoms with E-state index in [2.05, 4.69) is 60.7 Å². The number of rotatable bonds is 11. The number of nitrogens with zero attached hydrogens (tertiary/aromatic N) is 4. The fraction of sp³-hybridized carbons (Fsp3) is 0.652. The van der Waals surface area contributed by atoms with Gasteiger partial charge in [-0.25, -0.2) is 20.8 Å². The molecule has 176 valence electrons. The molecule has 8 nitrogen and oxygen atoms in total. The van der Waals surface area contributed by atoms with E-state index < -0.39 is 0 Å². The lowest BCUT2D eigenvalue weighted by molar-refractivity contribution is 0.581. The van der Waals surface area contributed by atoms with Crippen molar-refractivity contribution < 1.29 is 0 Å². The number of nitrogens with two attached hydrogens (primary N) is 1. The molecule has 0 aliphatic carbocycles. The van der Waals surface area contributed by atoms with E-state index in [4.69, 9.17) is 15.8 Å². The van der Waals surface area contributed by atoms with E-state index in [1.807, 2.05) is 12.3 Å². The first-order valence-electron chi connectivity index (χ1n) is 11.6. The van der Waals surface area contributed by atoms with E-state index in [0.29, 0.717) is 17.9 Å². The van der Waals surface area contributed by atoms with Gasteiger partial charge < -0.3 is 16.1 Å². The third-order valence-electron chi connectivity index (χ3n) is 5.29. The largest absolute Gasteiger partial charge is 0.354 e. The van der Waals surface area contributed by atoms with Gasteiger partial charge in [0.25, 0.3) is 0 Å². The van der Waals surface area contributed by atoms with E-state index >= 15 is 0 Å². The van der Waals surface area contributed by atoms with Gasteiger partial charge in [0.15, 0.2) is 0 Å². The standard InChI is InChI=1S/C23H38N8S/c1-15(2)19-20(32-21(30-19)23(3,4)5)17-10-13-27-22(29-17)26-11-7-6-8-18(31-24)25-12-9-16-14-28-16/h10,13,15-16,28H,6-9,11-12,14,24H2,1-5H3,(H,25,31)(H,26,27,29). The molecule has 9 heteroatoms. The van der Waals surface area contributed by atoms with Crippen LogP contribution in [-0.2, 0) is 5.41 Å². The van der Waals surface area contributed by atoms with Crippen LogP contribution in [0.5, 0.6) is 0 Å². The van der Waals surface area contributed by atoms with Gasteiger partial charge in [-0.15, -0.1) is 11.3 Å². The molecular weight excluding hydrogens is 420 g/mol. The van der Waals surface area contributed by atoms with Crippen molar-refractivity contribution in [2.45, 2.75) is 77.7 Å². The normalized spacial score (nSPS) is 16.5. The highest BCUT2D eigenvalue weighted by atomic mass is 32.1. The van der Waals surface area contributed by atoms with E-state index in [9.17, 15) is 0 Å². The predicted octanol–water partition coefficient (Wildman–Crippen LogP) is 3.83. The van der Waals surface area contributed by atoms with Crippen molar-refractivity contribution in [3.05, 3.63) is 23.0 Å². The fourth-order valence-electron chi connectivity index (χ4n) is 3.26. The number of nitrogens with one attached hydrogen (secondary N) is 3. The number of amidine groups is 1. The first kappa shape index (κ1) is 24.5. The fourth-order valence-corrected chi connectivity index (χ4v) is 4.50. The molecule has 1 fully saturated rings. The summed E-state index contributed by atoms with van der Waals surface area (Å²) in [4.78, 5) is 19.8. The molecule has 5 N–H and O–H groups in total. The molecule has 0 amide bonds. The highest BCUT2D eigenvalue weighted by molar-refractivity contribution is 7.15. The summed E-state index contributed by atoms with van der Waals surface area (Å²) in [6.07, 6.45) is 5.74. The molecule has 0 bridgehead atoms. The van der Waals surface area contributed by atoms with Gasteiger partial charge in [-0.1, -0.05) is 34.6 Å². The van der Waals surface area contributed by atoms with Crippen LogP contribution in [0.3, 0.4) is 0 Å². The molecule has 0 aromatic carbocycles. The van der Waals surface area contributed by atoms with Crippen molar-refractivity contribution in [2.24, 2.45) is 10.8 Å². The van der Waals surface area contributed by atoms with Crippen molar-refractivity contribution in [3.63, 3.8) is 0 Å². The summed E-state index contributed by atoms with van der Waals surface area (Å²) in [6, 6.07) is 2.63. The van der Waals surface area contributed by atoms with Crippen LogP contribution in [0.25, 0.3) is 10.6 Å². The smallest absolute Gasteiger partial charge is 0.223 e. The quantitative estimate of drug-likeness (QED) is 0.101. The molecule has 0 spiro atoms. The minimum absolute atomic E-state index is 0.0238. The van der Waals surface area contributed by atoms with E-state index in [1.54, 1.807) is 11.3 Å². The number of anilines is 1. The van der Waals surface area contributed by atoms with Crippen LogP contribution < -0.4 is 21.9 Å². The molecule has 1 atom stereocenters. The molecule has 3 rings (SSSR count). The summed E-state index contributed by atoms with van der Waals surface area (Å²) in [5.74, 6) is 7.49. The maximum Gasteiger partial charge on any atom is 0.223 e. The molecule has 1 saturated heterocycles. The lowest BCUT2D eigenvalue weighted by Crippen LogP contribution is -2.30. The van der Waals surface area contributed by atoms with Crippen LogP contribution in [-0.4, -0.2) is 46.5 Å². The Kier molecular flexibility index (Phi) is 8.56. The van der Waals surface area contributed by atoms with E-state index in [1.165, 1.54) is 0 Å². The van der Waals surface area contributed by atoms with Gasteiger partial charge in [0.05, 0.1) is 21.3 Å². The summed E-state index contributed by atoms with van der Waals surface area (Å²) in [7, 11) is 0. The van der Waals surface area contributed by atoms with Crippen molar-refractivity contribution in [2.75, 3.05) is 25.0 Å². The molecule has 3 heterocycles. The maximum atomic E-state index is 5.61. The number of unbranched alkanes of at least 4 members (excludes halogenated alkanes) is 1. The Morgan fingerprint density at radius 3 is 2.75 bits per heavy atom. The van der Waals surface area contributed by atoms with Gasteiger partial charge in [-0.2, -0.15) is 0 Å². The van der Waals surface area contributed by atoms with Gasteiger partial charge in [-0.05, 0) is 31.2 Å². The summed E-state index contributed by atoms with van der Waals surface area (Å²) in [5.41, 5.74) is 4.81. The molecule has 0 saturated carbocycles. The lowest BCUT2D eigenvalue weighted by Gasteiger charge is -2.13. The average molecular weight is 459 g/mol. The van der Waals surface area contributed by atoms with E-state index in [-0.39, 0.29) is 5.41 Å². The van der Waals surface area contributed by atoms with Crippen LogP contribution in [0.2, 0.25) is 0 Å². The van der Waals surface area contributed by atoms with Gasteiger partial charge in [0.2, 0.25) is 5.95 Å². The molecule has 2 aromatic heterocycles. The number of aliphatic imine (C=N–C) groups is 1. The minimum atomic E-state index is 0.0238. The maximum absolute atomic E-state index is 5.61. The lowest BCUT2D eigenvalue weighted by atomic mass is 9.98. The zero-order valence-corrected chi connectivity index (χ0v) is 20.9. The molecule has 1 aliphatic heterocycles.